The number of nitrogens with zero attached hydrogens (tertiary/aromatic N) is 1. The smallest absolute Gasteiger partial charge is 0.416 e. The van der Waals surface area contributed by atoms with Crippen molar-refractivity contribution in [3.05, 3.63) is 94.0 Å². The lowest BCUT2D eigenvalue weighted by molar-refractivity contribution is -0.140. The summed E-state index contributed by atoms with van der Waals surface area (Å²) in [5.74, 6) is -0.469. The molecule has 0 radical (unpaired) electrons. The highest BCUT2D eigenvalue weighted by atomic mass is 35.5. The van der Waals surface area contributed by atoms with Gasteiger partial charge in [-0.3, -0.25) is 4.79 Å². The Morgan fingerprint density at radius 2 is 1.72 bits per heavy atom. The number of benzene rings is 3. The van der Waals surface area contributed by atoms with Crippen LogP contribution in [0.3, 0.4) is 0 Å². The first-order chi connectivity index (χ1) is 17.1. The van der Waals surface area contributed by atoms with Crippen LogP contribution >= 0.6 is 11.6 Å². The molecule has 3 aromatic carbocycles. The summed E-state index contributed by atoms with van der Waals surface area (Å²) in [7, 11) is 1.27. The molecule has 0 atom stereocenters. The Morgan fingerprint density at radius 1 is 1.00 bits per heavy atom. The van der Waals surface area contributed by atoms with E-state index in [4.69, 9.17) is 16.3 Å². The number of amides is 2. The van der Waals surface area contributed by atoms with Crippen molar-refractivity contribution in [1.82, 2.24) is 10.2 Å². The number of carbonyl (C=O) groups is 2. The second-order valence-corrected chi connectivity index (χ2v) is 8.57. The second-order valence-electron chi connectivity index (χ2n) is 8.13. The molecule has 0 heterocycles. The normalized spacial score (nSPS) is 11.2. The van der Waals surface area contributed by atoms with Gasteiger partial charge in [0.2, 0.25) is 0 Å². The highest BCUT2D eigenvalue weighted by Crippen LogP contribution is 2.35. The Bertz CT molecular complexity index is 1220. The summed E-state index contributed by atoms with van der Waals surface area (Å²) in [5, 5.41) is 3.14. The molecule has 1 N–H and O–H groups in total. The standard InChI is InChI=1S/C27H26ClF3N2O3/c1-3-33(26(35)32-16-18-7-5-4-6-8-18)17-21-14-22(27(29,30)31)9-10-24(21)20-11-19(12-23(28)15-20)13-25(34)36-2/h4-12,14-15H,3,13,16-17H2,1-2H3,(H,32,35). The summed E-state index contributed by atoms with van der Waals surface area (Å²) in [6.07, 6.45) is -4.59. The molecule has 9 heteroatoms. The van der Waals surface area contributed by atoms with Gasteiger partial charge in [-0.05, 0) is 59.0 Å². The number of rotatable bonds is 8. The van der Waals surface area contributed by atoms with Gasteiger partial charge in [-0.1, -0.05) is 54.1 Å². The summed E-state index contributed by atoms with van der Waals surface area (Å²) in [5.41, 5.74) is 1.95. The van der Waals surface area contributed by atoms with Crippen LogP contribution in [0.5, 0.6) is 0 Å². The number of ether oxygens (including phenoxy) is 1. The zero-order valence-electron chi connectivity index (χ0n) is 19.9. The fourth-order valence-electron chi connectivity index (χ4n) is 3.75. The number of hydrogen-bond donors (Lipinski definition) is 1. The van der Waals surface area contributed by atoms with Crippen molar-refractivity contribution >= 4 is 23.6 Å². The van der Waals surface area contributed by atoms with Crippen molar-refractivity contribution in [3.8, 4) is 11.1 Å². The van der Waals surface area contributed by atoms with Crippen molar-refractivity contribution in [2.45, 2.75) is 32.6 Å². The maximum absolute atomic E-state index is 13.5. The van der Waals surface area contributed by atoms with Gasteiger partial charge in [-0.15, -0.1) is 0 Å². The largest absolute Gasteiger partial charge is 0.469 e. The minimum absolute atomic E-state index is 0.0387. The fraction of sp³-hybridized carbons (Fsp3) is 0.259. The SMILES string of the molecule is CCN(Cc1cc(C(F)(F)F)ccc1-c1cc(Cl)cc(CC(=O)OC)c1)C(=O)NCc1ccccc1. The van der Waals surface area contributed by atoms with Gasteiger partial charge in [-0.2, -0.15) is 13.2 Å². The maximum Gasteiger partial charge on any atom is 0.416 e. The number of urea groups is 1. The molecule has 0 aliphatic carbocycles. The van der Waals surface area contributed by atoms with E-state index in [-0.39, 0.29) is 26.1 Å². The number of esters is 1. The highest BCUT2D eigenvalue weighted by molar-refractivity contribution is 6.31. The van der Waals surface area contributed by atoms with E-state index in [1.807, 2.05) is 30.3 Å². The Labute approximate surface area is 212 Å². The lowest BCUT2D eigenvalue weighted by Gasteiger charge is -2.24. The predicted molar refractivity (Wildman–Crippen MR) is 132 cm³/mol. The van der Waals surface area contributed by atoms with E-state index in [9.17, 15) is 22.8 Å². The summed E-state index contributed by atoms with van der Waals surface area (Å²) >= 11 is 6.26. The van der Waals surface area contributed by atoms with Gasteiger partial charge < -0.3 is 15.0 Å². The Balaban J connectivity index is 1.95. The third-order valence-corrected chi connectivity index (χ3v) is 5.81. The number of halogens is 4. The van der Waals surface area contributed by atoms with Crippen molar-refractivity contribution in [2.75, 3.05) is 13.7 Å². The number of alkyl halides is 3. The van der Waals surface area contributed by atoms with E-state index < -0.39 is 23.7 Å². The van der Waals surface area contributed by atoms with Crippen molar-refractivity contribution < 1.29 is 27.5 Å². The van der Waals surface area contributed by atoms with Gasteiger partial charge in [-0.25, -0.2) is 4.79 Å². The minimum atomic E-state index is -4.55. The molecule has 3 aromatic rings. The lowest BCUT2D eigenvalue weighted by atomic mass is 9.95. The molecule has 3 rings (SSSR count). The number of hydrogen-bond acceptors (Lipinski definition) is 3. The zero-order valence-corrected chi connectivity index (χ0v) is 20.6. The molecule has 0 bridgehead atoms. The topological polar surface area (TPSA) is 58.6 Å². The van der Waals surface area contributed by atoms with Crippen molar-refractivity contribution in [1.29, 1.82) is 0 Å². The molecule has 2 amide bonds. The molecule has 36 heavy (non-hydrogen) atoms. The molecule has 0 aromatic heterocycles. The molecule has 190 valence electrons. The molecule has 0 saturated carbocycles. The molecular weight excluding hydrogens is 493 g/mol. The molecular formula is C27H26ClF3N2O3. The lowest BCUT2D eigenvalue weighted by Crippen LogP contribution is -2.39. The monoisotopic (exact) mass is 518 g/mol. The third-order valence-electron chi connectivity index (χ3n) is 5.59. The minimum Gasteiger partial charge on any atom is -0.469 e. The average molecular weight is 519 g/mol. The number of carbonyl (C=O) groups excluding carboxylic acids is 2. The fourth-order valence-corrected chi connectivity index (χ4v) is 4.01. The van der Waals surface area contributed by atoms with Crippen LogP contribution in [0.25, 0.3) is 11.1 Å². The van der Waals surface area contributed by atoms with Gasteiger partial charge in [0, 0.05) is 24.7 Å². The summed E-state index contributed by atoms with van der Waals surface area (Å²) in [6.45, 7) is 2.26. The first-order valence-electron chi connectivity index (χ1n) is 11.2. The molecule has 0 fully saturated rings. The van der Waals surface area contributed by atoms with Gasteiger partial charge in [0.25, 0.3) is 0 Å². The second kappa shape index (κ2) is 11.9. The van der Waals surface area contributed by atoms with Crippen LogP contribution in [0.15, 0.2) is 66.7 Å². The van der Waals surface area contributed by atoms with Gasteiger partial charge in [0.15, 0.2) is 0 Å². The van der Waals surface area contributed by atoms with E-state index in [1.165, 1.54) is 18.1 Å². The molecule has 0 aliphatic rings. The number of nitrogens with one attached hydrogen (secondary N) is 1. The van der Waals surface area contributed by atoms with Gasteiger partial charge in [0.1, 0.15) is 0 Å². The van der Waals surface area contributed by atoms with E-state index >= 15 is 0 Å². The van der Waals surface area contributed by atoms with Crippen LogP contribution in [0.1, 0.15) is 29.2 Å². The molecule has 5 nitrogen and oxygen atoms in total. The summed E-state index contributed by atoms with van der Waals surface area (Å²) < 4.78 is 45.3. The maximum atomic E-state index is 13.5. The molecule has 0 aliphatic heterocycles. The molecule has 0 unspecified atom stereocenters. The van der Waals surface area contributed by atoms with Crippen molar-refractivity contribution in [2.24, 2.45) is 0 Å². The van der Waals surface area contributed by atoms with Crippen LogP contribution in [0.4, 0.5) is 18.0 Å². The quantitative estimate of drug-likeness (QED) is 0.347. The number of methoxy groups -OCH3 is 1. The highest BCUT2D eigenvalue weighted by Gasteiger charge is 2.31. The summed E-state index contributed by atoms with van der Waals surface area (Å²) in [6, 6.07) is 17.2. The van der Waals surface area contributed by atoms with Gasteiger partial charge in [0.05, 0.1) is 19.1 Å². The van der Waals surface area contributed by atoms with E-state index in [0.717, 1.165) is 17.7 Å². The molecule has 0 spiro atoms. The third kappa shape index (κ3) is 7.24. The van der Waals surface area contributed by atoms with E-state index in [2.05, 4.69) is 5.32 Å². The zero-order chi connectivity index (χ0) is 26.3. The Hall–Kier alpha value is -3.52. The predicted octanol–water partition coefficient (Wildman–Crippen LogP) is 6.47. The van der Waals surface area contributed by atoms with Crippen LogP contribution in [0, 0.1) is 0 Å². The van der Waals surface area contributed by atoms with Crippen LogP contribution in [0.2, 0.25) is 5.02 Å². The van der Waals surface area contributed by atoms with Crippen LogP contribution in [-0.2, 0) is 35.2 Å². The van der Waals surface area contributed by atoms with Crippen LogP contribution in [-0.4, -0.2) is 30.6 Å². The first kappa shape index (κ1) is 27.1. The Kier molecular flexibility index (Phi) is 8.98. The van der Waals surface area contributed by atoms with Crippen molar-refractivity contribution in [3.63, 3.8) is 0 Å². The van der Waals surface area contributed by atoms with E-state index in [1.54, 1.807) is 25.1 Å². The van der Waals surface area contributed by atoms with E-state index in [0.29, 0.717) is 27.3 Å². The first-order valence-corrected chi connectivity index (χ1v) is 11.6. The summed E-state index contributed by atoms with van der Waals surface area (Å²) in [4.78, 5) is 26.0. The Morgan fingerprint density at radius 3 is 2.36 bits per heavy atom. The van der Waals surface area contributed by atoms with Crippen LogP contribution < -0.4 is 5.32 Å². The average Bonchev–Trinajstić information content (AvgIpc) is 2.85. The van der Waals surface area contributed by atoms with Gasteiger partial charge >= 0.3 is 18.2 Å². The molecule has 0 saturated heterocycles.